The average molecular weight is 353 g/mol. The minimum absolute atomic E-state index is 0.0246. The van der Waals surface area contributed by atoms with E-state index in [4.69, 9.17) is 6.57 Å². The summed E-state index contributed by atoms with van der Waals surface area (Å²) in [6.07, 6.45) is 2.47. The molecule has 0 N–H and O–H groups in total. The zero-order valence-electron chi connectivity index (χ0n) is 16.6. The highest BCUT2D eigenvalue weighted by Gasteiger charge is 2.58. The third-order valence-corrected chi connectivity index (χ3v) is 4.39. The van der Waals surface area contributed by atoms with E-state index in [2.05, 4.69) is 4.85 Å². The molecule has 0 aromatic heterocycles. The third kappa shape index (κ3) is 7.46. The molecule has 0 heterocycles. The van der Waals surface area contributed by atoms with Gasteiger partial charge in [0.25, 0.3) is 5.54 Å². The van der Waals surface area contributed by atoms with Gasteiger partial charge < -0.3 is 4.85 Å². The zero-order valence-corrected chi connectivity index (χ0v) is 16.6. The summed E-state index contributed by atoms with van der Waals surface area (Å²) in [5.74, 6) is 0.263. The van der Waals surface area contributed by atoms with Crippen molar-refractivity contribution >= 4 is 17.3 Å². The van der Waals surface area contributed by atoms with Crippen molar-refractivity contribution in [3.05, 3.63) is 11.4 Å². The van der Waals surface area contributed by atoms with Crippen molar-refractivity contribution in [3.63, 3.8) is 0 Å². The maximum atomic E-state index is 12.8. The predicted octanol–water partition coefficient (Wildman–Crippen LogP) is 4.61. The molecule has 0 aromatic rings. The first kappa shape index (κ1) is 23.4. The lowest BCUT2D eigenvalue weighted by molar-refractivity contribution is -0.128. The molecule has 5 heteroatoms. The lowest BCUT2D eigenvalue weighted by Crippen LogP contribution is -2.23. The second-order valence-corrected chi connectivity index (χ2v) is 7.91. The molecule has 2 aliphatic rings. The minimum Gasteiger partial charge on any atom is -0.302 e. The first-order chi connectivity index (χ1) is 11.3. The molecule has 0 unspecified atom stereocenters. The van der Waals surface area contributed by atoms with Crippen molar-refractivity contribution in [1.82, 2.24) is 0 Å². The molecule has 2 fully saturated rings. The van der Waals surface area contributed by atoms with Gasteiger partial charge in [-0.15, -0.1) is 0 Å². The van der Waals surface area contributed by atoms with Gasteiger partial charge in [0.1, 0.15) is 5.78 Å². The Morgan fingerprint density at radius 1 is 0.840 bits per heavy atom. The number of carbonyl (C=O) groups excluding carboxylic acids is 3. The minimum atomic E-state index is -1.41. The van der Waals surface area contributed by atoms with Gasteiger partial charge in [-0.25, -0.2) is 11.0 Å². The van der Waals surface area contributed by atoms with Gasteiger partial charge in [0.2, 0.25) is 5.78 Å². The normalized spacial score (nSPS) is 18.3. The van der Waals surface area contributed by atoms with Gasteiger partial charge in [-0.1, -0.05) is 41.5 Å². The van der Waals surface area contributed by atoms with E-state index in [0.717, 1.165) is 12.8 Å². The second kappa shape index (κ2) is 9.22. The van der Waals surface area contributed by atoms with E-state index in [1.54, 1.807) is 20.8 Å². The van der Waals surface area contributed by atoms with Gasteiger partial charge >= 0.3 is 0 Å². The largest absolute Gasteiger partial charge is 0.302 e. The number of rotatable bonds is 5. The summed E-state index contributed by atoms with van der Waals surface area (Å²) >= 11 is 0. The molecule has 2 aliphatic carbocycles. The molecule has 25 heavy (non-hydrogen) atoms. The molecular weight excluding hydrogens is 321 g/mol. The van der Waals surface area contributed by atoms with E-state index in [1.807, 2.05) is 27.7 Å². The molecule has 4 nitrogen and oxygen atoms in total. The molecule has 0 aromatic carbocycles. The number of hydrogen-bond donors (Lipinski definition) is 0. The van der Waals surface area contributed by atoms with Gasteiger partial charge in [0.05, 0.1) is 0 Å². The SMILES string of the molecule is CC(=O)C(C)C.CC(C)C(=O)C1(F)CC1.[C-]#[N+]C1(C(=O)C(C)C)CC1. The summed E-state index contributed by atoms with van der Waals surface area (Å²) < 4.78 is 12.8. The maximum Gasteiger partial charge on any atom is 0.290 e. The van der Waals surface area contributed by atoms with E-state index in [1.165, 1.54) is 0 Å². The van der Waals surface area contributed by atoms with Crippen molar-refractivity contribution in [1.29, 1.82) is 0 Å². The van der Waals surface area contributed by atoms with Crippen molar-refractivity contribution < 1.29 is 18.8 Å². The van der Waals surface area contributed by atoms with Gasteiger partial charge in [-0.3, -0.25) is 14.4 Å². The van der Waals surface area contributed by atoms with Crippen molar-refractivity contribution in [2.45, 2.75) is 85.4 Å². The smallest absolute Gasteiger partial charge is 0.290 e. The lowest BCUT2D eigenvalue weighted by atomic mass is 10.0. The Morgan fingerprint density at radius 3 is 1.28 bits per heavy atom. The fourth-order valence-corrected chi connectivity index (χ4v) is 1.94. The Kier molecular flexibility index (Phi) is 8.64. The Hall–Kier alpha value is -1.57. The Labute approximate surface area is 151 Å². The predicted molar refractivity (Wildman–Crippen MR) is 96.8 cm³/mol. The van der Waals surface area contributed by atoms with Crippen LogP contribution in [0.25, 0.3) is 4.85 Å². The molecule has 142 valence electrons. The molecule has 0 amide bonds. The highest BCUT2D eigenvalue weighted by atomic mass is 19.1. The quantitative estimate of drug-likeness (QED) is 0.678. The number of hydrogen-bond acceptors (Lipinski definition) is 3. The van der Waals surface area contributed by atoms with E-state index in [-0.39, 0.29) is 35.1 Å². The Bertz CT molecular complexity index is 536. The molecular formula is C20H32FNO3. The number of halogens is 1. The van der Waals surface area contributed by atoms with Crippen LogP contribution in [0.4, 0.5) is 4.39 Å². The summed E-state index contributed by atoms with van der Waals surface area (Å²) in [5.41, 5.74) is -1.98. The van der Waals surface area contributed by atoms with Crippen LogP contribution in [0.1, 0.15) is 74.1 Å². The molecule has 0 spiro atoms. The van der Waals surface area contributed by atoms with Crippen molar-refractivity contribution in [2.75, 3.05) is 0 Å². The average Bonchev–Trinajstić information content (AvgIpc) is 3.43. The molecule has 0 bridgehead atoms. The summed E-state index contributed by atoms with van der Waals surface area (Å²) in [4.78, 5) is 35.6. The molecule has 0 atom stereocenters. The topological polar surface area (TPSA) is 55.6 Å². The number of nitrogens with zero attached hydrogens (tertiary/aromatic N) is 1. The van der Waals surface area contributed by atoms with Crippen LogP contribution in [-0.4, -0.2) is 28.6 Å². The van der Waals surface area contributed by atoms with Gasteiger partial charge in [-0.05, 0) is 19.8 Å². The van der Waals surface area contributed by atoms with Crippen LogP contribution in [0.5, 0.6) is 0 Å². The second-order valence-electron chi connectivity index (χ2n) is 7.91. The molecule has 0 saturated heterocycles. The number of Topliss-reactive ketones (excluding diaryl/α,β-unsaturated/α-hetero) is 3. The van der Waals surface area contributed by atoms with E-state index >= 15 is 0 Å². The number of ketones is 3. The molecule has 2 saturated carbocycles. The summed E-state index contributed by atoms with van der Waals surface area (Å²) in [5, 5.41) is 0. The van der Waals surface area contributed by atoms with Crippen LogP contribution >= 0.6 is 0 Å². The van der Waals surface area contributed by atoms with Crippen LogP contribution < -0.4 is 0 Å². The zero-order chi connectivity index (χ0) is 20.0. The standard InChI is InChI=1S/C8H11NO.C7H11FO.C5H10O/c1-6(2)7(10)8(9-3)4-5-8;1-5(2)6(9)7(8)3-4-7;1-4(2)5(3)6/h6H,4-5H2,1-2H3;5H,3-4H2,1-2H3;4H,1-3H3. The third-order valence-electron chi connectivity index (χ3n) is 4.39. The van der Waals surface area contributed by atoms with Gasteiger partial charge in [-0.2, -0.15) is 0 Å². The van der Waals surface area contributed by atoms with E-state index in [9.17, 15) is 18.8 Å². The van der Waals surface area contributed by atoms with Crippen molar-refractivity contribution in [3.8, 4) is 0 Å². The van der Waals surface area contributed by atoms with E-state index < -0.39 is 11.2 Å². The number of carbonyl (C=O) groups is 3. The lowest BCUT2D eigenvalue weighted by Gasteiger charge is -2.05. The van der Waals surface area contributed by atoms with Crippen molar-refractivity contribution in [2.24, 2.45) is 17.8 Å². The molecule has 0 radical (unpaired) electrons. The van der Waals surface area contributed by atoms with Crippen LogP contribution in [0, 0.1) is 24.3 Å². The summed E-state index contributed by atoms with van der Waals surface area (Å²) in [6, 6.07) is 0. The number of alkyl halides is 1. The van der Waals surface area contributed by atoms with Crippen LogP contribution in [0.15, 0.2) is 0 Å². The van der Waals surface area contributed by atoms with Gasteiger partial charge in [0, 0.05) is 30.6 Å². The maximum absolute atomic E-state index is 12.8. The fraction of sp³-hybridized carbons (Fsp3) is 0.800. The van der Waals surface area contributed by atoms with Gasteiger partial charge in [0.15, 0.2) is 11.5 Å². The summed E-state index contributed by atoms with van der Waals surface area (Å²) in [6.45, 7) is 19.4. The fourth-order valence-electron chi connectivity index (χ4n) is 1.94. The monoisotopic (exact) mass is 353 g/mol. The molecule has 2 rings (SSSR count). The Balaban J connectivity index is 0.000000358. The van der Waals surface area contributed by atoms with Crippen LogP contribution in [0.2, 0.25) is 0 Å². The van der Waals surface area contributed by atoms with Crippen LogP contribution in [0.3, 0.4) is 0 Å². The first-order valence-corrected chi connectivity index (χ1v) is 8.99. The highest BCUT2D eigenvalue weighted by molar-refractivity contribution is 5.94. The van der Waals surface area contributed by atoms with Crippen LogP contribution in [-0.2, 0) is 14.4 Å². The highest BCUT2D eigenvalue weighted by Crippen LogP contribution is 2.42. The Morgan fingerprint density at radius 2 is 1.20 bits per heavy atom. The van der Waals surface area contributed by atoms with E-state index in [0.29, 0.717) is 12.8 Å². The molecule has 0 aliphatic heterocycles. The summed E-state index contributed by atoms with van der Waals surface area (Å²) in [7, 11) is 0. The first-order valence-electron chi connectivity index (χ1n) is 8.99.